The quantitative estimate of drug-likeness (QED) is 0.170. The van der Waals surface area contributed by atoms with Crippen LogP contribution in [0, 0.1) is 0 Å². The first-order chi connectivity index (χ1) is 20.6. The van der Waals surface area contributed by atoms with E-state index in [1.165, 1.54) is 22.3 Å². The van der Waals surface area contributed by atoms with Crippen LogP contribution in [-0.4, -0.2) is 24.1 Å². The van der Waals surface area contributed by atoms with Crippen LogP contribution in [0.15, 0.2) is 134 Å². The van der Waals surface area contributed by atoms with Crippen LogP contribution in [0.2, 0.25) is 0 Å². The Morgan fingerprint density at radius 3 is 2.00 bits per heavy atom. The van der Waals surface area contributed by atoms with Gasteiger partial charge in [0.1, 0.15) is 0 Å². The Balaban J connectivity index is 1.43. The van der Waals surface area contributed by atoms with E-state index in [9.17, 15) is 0 Å². The number of pyridine rings is 2. The molecule has 2 aromatic heterocycles. The van der Waals surface area contributed by atoms with Crippen LogP contribution in [0.3, 0.4) is 0 Å². The van der Waals surface area contributed by atoms with E-state index in [-0.39, 0.29) is 11.8 Å². The highest BCUT2D eigenvalue weighted by molar-refractivity contribution is 5.81. The van der Waals surface area contributed by atoms with E-state index in [2.05, 4.69) is 140 Å². The number of hydrogen-bond acceptors (Lipinski definition) is 4. The van der Waals surface area contributed by atoms with Crippen molar-refractivity contribution in [3.05, 3.63) is 150 Å². The first-order valence-corrected chi connectivity index (χ1v) is 14.5. The van der Waals surface area contributed by atoms with Crippen molar-refractivity contribution >= 4 is 16.9 Å². The van der Waals surface area contributed by atoms with Gasteiger partial charge in [-0.2, -0.15) is 0 Å². The summed E-state index contributed by atoms with van der Waals surface area (Å²) in [7, 11) is 3.87. The summed E-state index contributed by atoms with van der Waals surface area (Å²) in [5.74, 6) is 0.394. The number of rotatable bonds is 10. The Labute approximate surface area is 249 Å². The molecule has 0 aliphatic rings. The topological polar surface area (TPSA) is 49.8 Å². The van der Waals surface area contributed by atoms with Gasteiger partial charge in [0.25, 0.3) is 0 Å². The van der Waals surface area contributed by atoms with Crippen molar-refractivity contribution < 1.29 is 0 Å². The third-order valence-corrected chi connectivity index (χ3v) is 7.76. The maximum Gasteiger partial charge on any atom is 0.0886 e. The van der Waals surface area contributed by atoms with Crippen LogP contribution in [-0.2, 0) is 0 Å². The first kappa shape index (κ1) is 28.6. The fourth-order valence-electron chi connectivity index (χ4n) is 5.35. The summed E-state index contributed by atoms with van der Waals surface area (Å²) in [5.41, 5.74) is 10.9. The van der Waals surface area contributed by atoms with E-state index in [4.69, 9.17) is 9.97 Å². The second-order valence-electron chi connectivity index (χ2n) is 10.4. The Bertz CT molecular complexity index is 1640. The minimum absolute atomic E-state index is 0.178. The molecule has 4 heteroatoms. The third kappa shape index (κ3) is 6.50. The van der Waals surface area contributed by atoms with Crippen LogP contribution in [0.1, 0.15) is 42.4 Å². The number of hydrogen-bond donors (Lipinski definition) is 2. The van der Waals surface area contributed by atoms with Gasteiger partial charge >= 0.3 is 0 Å². The second-order valence-corrected chi connectivity index (χ2v) is 10.4. The zero-order chi connectivity index (χ0) is 29.3. The van der Waals surface area contributed by atoms with Crippen molar-refractivity contribution in [1.29, 1.82) is 0 Å². The van der Waals surface area contributed by atoms with Crippen LogP contribution < -0.4 is 10.6 Å². The predicted octanol–water partition coefficient (Wildman–Crippen LogP) is 9.44. The van der Waals surface area contributed by atoms with Gasteiger partial charge in [-0.15, -0.1) is 0 Å². The molecule has 0 aliphatic heterocycles. The van der Waals surface area contributed by atoms with Crippen molar-refractivity contribution in [1.82, 2.24) is 9.97 Å². The molecule has 0 bridgehead atoms. The summed E-state index contributed by atoms with van der Waals surface area (Å²) >= 11 is 0. The molecule has 2 atom stereocenters. The van der Waals surface area contributed by atoms with Crippen LogP contribution >= 0.6 is 0 Å². The lowest BCUT2D eigenvalue weighted by atomic mass is 9.81. The highest BCUT2D eigenvalue weighted by Gasteiger charge is 2.20. The first-order valence-electron chi connectivity index (χ1n) is 14.5. The van der Waals surface area contributed by atoms with E-state index >= 15 is 0 Å². The van der Waals surface area contributed by atoms with Crippen LogP contribution in [0.4, 0.5) is 11.4 Å². The van der Waals surface area contributed by atoms with Crippen molar-refractivity contribution in [3.63, 3.8) is 0 Å². The maximum atomic E-state index is 4.86. The molecule has 5 rings (SSSR count). The molecule has 5 aromatic rings. The summed E-state index contributed by atoms with van der Waals surface area (Å²) < 4.78 is 0. The molecule has 3 aromatic carbocycles. The van der Waals surface area contributed by atoms with Crippen molar-refractivity contribution in [2.45, 2.75) is 25.7 Å². The summed E-state index contributed by atoms with van der Waals surface area (Å²) in [6.45, 7) is 4.36. The molecule has 2 heterocycles. The van der Waals surface area contributed by atoms with Crippen molar-refractivity contribution in [3.8, 4) is 22.5 Å². The standard InChI is InChI=1S/C38H38N4/c1-5-12-30(28-13-8-6-9-14-28)23-34(29-15-10-7-11-16-29)27(2)31-17-20-37(41-25-31)38-21-18-32(26-42-38)35-24-33(39-3)19-22-36(35)40-4/h5-27,34,39-40H,1-4H3/b12-5-,30-23+. The summed E-state index contributed by atoms with van der Waals surface area (Å²) in [4.78, 5) is 9.64. The predicted molar refractivity (Wildman–Crippen MR) is 179 cm³/mol. The number of anilines is 2. The Morgan fingerprint density at radius 2 is 1.40 bits per heavy atom. The minimum atomic E-state index is 0.178. The van der Waals surface area contributed by atoms with Gasteiger partial charge in [-0.1, -0.05) is 97.9 Å². The lowest BCUT2D eigenvalue weighted by molar-refractivity contribution is 0.674. The zero-order valence-electron chi connectivity index (χ0n) is 24.8. The van der Waals surface area contributed by atoms with E-state index in [0.29, 0.717) is 0 Å². The SMILES string of the molecule is C/C=C\C(=C/C(c1ccccc1)C(C)c1ccc(-c2ccc(-c3cc(NC)ccc3NC)cn2)nc1)c1ccccc1. The molecule has 0 aliphatic carbocycles. The van der Waals surface area contributed by atoms with Gasteiger partial charge in [0.2, 0.25) is 0 Å². The van der Waals surface area contributed by atoms with Gasteiger partial charge in [0, 0.05) is 54.9 Å². The number of nitrogens with one attached hydrogen (secondary N) is 2. The van der Waals surface area contributed by atoms with E-state index in [0.717, 1.165) is 33.9 Å². The molecule has 0 fully saturated rings. The summed E-state index contributed by atoms with van der Waals surface area (Å²) in [6.07, 6.45) is 10.6. The van der Waals surface area contributed by atoms with E-state index in [1.807, 2.05) is 32.6 Å². The molecule has 0 saturated heterocycles. The van der Waals surface area contributed by atoms with Gasteiger partial charge in [0.15, 0.2) is 0 Å². The Kier molecular flexibility index (Phi) is 9.25. The van der Waals surface area contributed by atoms with Gasteiger partial charge in [0.05, 0.1) is 11.4 Å². The maximum absolute atomic E-state index is 4.86. The van der Waals surface area contributed by atoms with Crippen LogP contribution in [0.5, 0.6) is 0 Å². The van der Waals surface area contributed by atoms with E-state index in [1.54, 1.807) is 0 Å². The molecule has 0 spiro atoms. The second kappa shape index (κ2) is 13.6. The Hall–Kier alpha value is -4.96. The zero-order valence-corrected chi connectivity index (χ0v) is 24.8. The summed E-state index contributed by atoms with van der Waals surface area (Å²) in [6, 6.07) is 36.0. The number of allylic oxidation sites excluding steroid dienone is 4. The highest BCUT2D eigenvalue weighted by atomic mass is 14.8. The smallest absolute Gasteiger partial charge is 0.0886 e. The molecule has 0 radical (unpaired) electrons. The Morgan fingerprint density at radius 1 is 0.714 bits per heavy atom. The lowest BCUT2D eigenvalue weighted by Gasteiger charge is -2.23. The molecule has 210 valence electrons. The number of benzene rings is 3. The molecule has 0 amide bonds. The fourth-order valence-corrected chi connectivity index (χ4v) is 5.35. The molecule has 0 saturated carbocycles. The van der Waals surface area contributed by atoms with Crippen molar-refractivity contribution in [2.75, 3.05) is 24.7 Å². The molecule has 2 N–H and O–H groups in total. The summed E-state index contributed by atoms with van der Waals surface area (Å²) in [5, 5.41) is 6.50. The minimum Gasteiger partial charge on any atom is -0.388 e. The van der Waals surface area contributed by atoms with Gasteiger partial charge in [-0.3, -0.25) is 9.97 Å². The molecular weight excluding hydrogens is 512 g/mol. The average Bonchev–Trinajstić information content (AvgIpc) is 3.07. The largest absolute Gasteiger partial charge is 0.388 e. The van der Waals surface area contributed by atoms with Gasteiger partial charge in [-0.05, 0) is 65.4 Å². The third-order valence-electron chi connectivity index (χ3n) is 7.76. The molecule has 2 unspecified atom stereocenters. The lowest BCUT2D eigenvalue weighted by Crippen LogP contribution is -2.08. The molecule has 42 heavy (non-hydrogen) atoms. The fraction of sp³-hybridized carbons (Fsp3) is 0.158. The van der Waals surface area contributed by atoms with E-state index < -0.39 is 0 Å². The monoisotopic (exact) mass is 550 g/mol. The average molecular weight is 551 g/mol. The van der Waals surface area contributed by atoms with Gasteiger partial charge < -0.3 is 10.6 Å². The molecular formula is C38H38N4. The van der Waals surface area contributed by atoms with Gasteiger partial charge in [-0.25, -0.2) is 0 Å². The normalized spacial score (nSPS) is 13.1. The van der Waals surface area contributed by atoms with Crippen molar-refractivity contribution in [2.24, 2.45) is 0 Å². The number of aromatic nitrogens is 2. The number of nitrogens with zero attached hydrogens (tertiary/aromatic N) is 2. The molecule has 4 nitrogen and oxygen atoms in total. The highest BCUT2D eigenvalue weighted by Crippen LogP contribution is 2.37. The van der Waals surface area contributed by atoms with Crippen LogP contribution in [0.25, 0.3) is 28.1 Å².